The highest BCUT2D eigenvalue weighted by Gasteiger charge is 2.40. The van der Waals surface area contributed by atoms with E-state index in [4.69, 9.17) is 5.11 Å². The van der Waals surface area contributed by atoms with Crippen LogP contribution in [0, 0.1) is 5.92 Å². The number of likely N-dealkylation sites (tertiary alicyclic amines) is 1. The highest BCUT2D eigenvalue weighted by Crippen LogP contribution is 2.32. The lowest BCUT2D eigenvalue weighted by Crippen LogP contribution is -2.60. The van der Waals surface area contributed by atoms with Crippen LogP contribution in [0.4, 0.5) is 0 Å². The molecule has 1 heterocycles. The maximum Gasteiger partial charge on any atom is 0.225 e. The smallest absolute Gasteiger partial charge is 0.225 e. The summed E-state index contributed by atoms with van der Waals surface area (Å²) in [4.78, 5) is 15.6. The van der Waals surface area contributed by atoms with Gasteiger partial charge in [-0.25, -0.2) is 0 Å². The van der Waals surface area contributed by atoms with Crippen LogP contribution in [-0.2, 0) is 4.79 Å². The molecule has 0 aromatic rings. The van der Waals surface area contributed by atoms with Crippen molar-refractivity contribution < 1.29 is 9.90 Å². The monoisotopic (exact) mass is 198 g/mol. The molecule has 2 aliphatic rings. The van der Waals surface area contributed by atoms with Gasteiger partial charge < -0.3 is 10.0 Å². The quantitative estimate of drug-likeness (QED) is 0.664. The Hall–Kier alpha value is -0.610. The molecule has 2 fully saturated rings. The normalized spacial score (nSPS) is 22.6. The van der Waals surface area contributed by atoms with Crippen LogP contribution in [0.3, 0.4) is 0 Å². The molecular formula is C10H18N2O2. The Morgan fingerprint density at radius 1 is 1.50 bits per heavy atom. The molecule has 4 nitrogen and oxygen atoms in total. The Balaban J connectivity index is 1.70. The minimum absolute atomic E-state index is 0.198. The van der Waals surface area contributed by atoms with Crippen LogP contribution in [0.5, 0.6) is 0 Å². The standard InChI is InChI=1S/C10H18N2O2/c1-11(4-5-13)9-6-12(7-9)10(14)8-2-3-8/h8-9,13H,2-7H2,1H3. The van der Waals surface area contributed by atoms with Gasteiger partial charge in [0.05, 0.1) is 6.61 Å². The van der Waals surface area contributed by atoms with E-state index in [1.54, 1.807) is 0 Å². The second kappa shape index (κ2) is 3.87. The van der Waals surface area contributed by atoms with E-state index in [2.05, 4.69) is 4.90 Å². The molecule has 80 valence electrons. The van der Waals surface area contributed by atoms with Gasteiger partial charge in [0.2, 0.25) is 5.91 Å². The zero-order valence-corrected chi connectivity index (χ0v) is 8.65. The number of rotatable bonds is 4. The van der Waals surface area contributed by atoms with Gasteiger partial charge in [-0.05, 0) is 19.9 Å². The molecule has 0 aromatic carbocycles. The first-order valence-corrected chi connectivity index (χ1v) is 5.32. The maximum atomic E-state index is 11.6. The van der Waals surface area contributed by atoms with E-state index in [0.717, 1.165) is 25.9 Å². The zero-order chi connectivity index (χ0) is 10.1. The third-order valence-electron chi connectivity index (χ3n) is 3.18. The number of aliphatic hydroxyl groups is 1. The molecule has 0 spiro atoms. The molecule has 1 N–H and O–H groups in total. The number of carbonyl (C=O) groups excluding carboxylic acids is 1. The van der Waals surface area contributed by atoms with Crippen molar-refractivity contribution in [3.63, 3.8) is 0 Å². The van der Waals surface area contributed by atoms with Gasteiger partial charge in [0.1, 0.15) is 0 Å². The fourth-order valence-corrected chi connectivity index (χ4v) is 1.84. The number of aliphatic hydroxyl groups excluding tert-OH is 1. The molecule has 1 amide bonds. The van der Waals surface area contributed by atoms with Gasteiger partial charge in [0, 0.05) is 31.6 Å². The summed E-state index contributed by atoms with van der Waals surface area (Å²) in [6.07, 6.45) is 2.18. The van der Waals surface area contributed by atoms with E-state index in [-0.39, 0.29) is 6.61 Å². The van der Waals surface area contributed by atoms with E-state index in [1.807, 2.05) is 11.9 Å². The topological polar surface area (TPSA) is 43.8 Å². The van der Waals surface area contributed by atoms with Gasteiger partial charge in [-0.15, -0.1) is 0 Å². The minimum atomic E-state index is 0.198. The molecule has 1 saturated heterocycles. The largest absolute Gasteiger partial charge is 0.395 e. The summed E-state index contributed by atoms with van der Waals surface area (Å²) >= 11 is 0. The second-order valence-corrected chi connectivity index (χ2v) is 4.38. The van der Waals surface area contributed by atoms with E-state index >= 15 is 0 Å². The number of hydrogen-bond donors (Lipinski definition) is 1. The van der Waals surface area contributed by atoms with Crippen molar-refractivity contribution in [2.75, 3.05) is 33.3 Å². The minimum Gasteiger partial charge on any atom is -0.395 e. The highest BCUT2D eigenvalue weighted by atomic mass is 16.3. The summed E-state index contributed by atoms with van der Waals surface area (Å²) in [6.45, 7) is 2.61. The van der Waals surface area contributed by atoms with E-state index in [1.165, 1.54) is 0 Å². The van der Waals surface area contributed by atoms with Crippen LogP contribution in [0.1, 0.15) is 12.8 Å². The molecular weight excluding hydrogens is 180 g/mol. The summed E-state index contributed by atoms with van der Waals surface area (Å²) in [5.74, 6) is 0.692. The number of likely N-dealkylation sites (N-methyl/N-ethyl adjacent to an activating group) is 1. The van der Waals surface area contributed by atoms with Crippen LogP contribution < -0.4 is 0 Å². The van der Waals surface area contributed by atoms with Crippen LogP contribution in [0.2, 0.25) is 0 Å². The second-order valence-electron chi connectivity index (χ2n) is 4.38. The number of carbonyl (C=O) groups is 1. The molecule has 2 rings (SSSR count). The van der Waals surface area contributed by atoms with E-state index in [0.29, 0.717) is 24.4 Å². The lowest BCUT2D eigenvalue weighted by molar-refractivity contribution is -0.139. The van der Waals surface area contributed by atoms with Crippen LogP contribution >= 0.6 is 0 Å². The predicted molar refractivity (Wildman–Crippen MR) is 52.8 cm³/mol. The van der Waals surface area contributed by atoms with Crippen molar-refractivity contribution in [1.82, 2.24) is 9.80 Å². The van der Waals surface area contributed by atoms with Crippen LogP contribution in [-0.4, -0.2) is 60.1 Å². The average Bonchev–Trinajstić information content (AvgIpc) is 2.83. The Morgan fingerprint density at radius 3 is 2.64 bits per heavy atom. The molecule has 0 unspecified atom stereocenters. The number of hydrogen-bond acceptors (Lipinski definition) is 3. The summed E-state index contributed by atoms with van der Waals surface area (Å²) < 4.78 is 0. The molecule has 1 aliphatic carbocycles. The van der Waals surface area contributed by atoms with Crippen molar-refractivity contribution >= 4 is 5.91 Å². The molecule has 4 heteroatoms. The lowest BCUT2D eigenvalue weighted by atomic mass is 10.1. The number of amides is 1. The first-order valence-electron chi connectivity index (χ1n) is 5.32. The van der Waals surface area contributed by atoms with Gasteiger partial charge in [0.15, 0.2) is 0 Å². The fourth-order valence-electron chi connectivity index (χ4n) is 1.84. The molecule has 0 aromatic heterocycles. The van der Waals surface area contributed by atoms with Gasteiger partial charge in [-0.1, -0.05) is 0 Å². The van der Waals surface area contributed by atoms with Crippen molar-refractivity contribution in [3.8, 4) is 0 Å². The lowest BCUT2D eigenvalue weighted by Gasteiger charge is -2.44. The summed E-state index contributed by atoms with van der Waals surface area (Å²) in [5, 5.41) is 8.76. The summed E-state index contributed by atoms with van der Waals surface area (Å²) in [5.41, 5.74) is 0. The van der Waals surface area contributed by atoms with E-state index in [9.17, 15) is 4.79 Å². The summed E-state index contributed by atoms with van der Waals surface area (Å²) in [6, 6.07) is 0.463. The van der Waals surface area contributed by atoms with Gasteiger partial charge in [0.25, 0.3) is 0 Å². The van der Waals surface area contributed by atoms with Gasteiger partial charge in [-0.3, -0.25) is 9.69 Å². The predicted octanol–water partition coefficient (Wildman–Crippen LogP) is -0.469. The first-order chi connectivity index (χ1) is 6.72. The molecule has 14 heavy (non-hydrogen) atoms. The third kappa shape index (κ3) is 1.91. The highest BCUT2D eigenvalue weighted by molar-refractivity contribution is 5.81. The third-order valence-corrected chi connectivity index (χ3v) is 3.18. The Morgan fingerprint density at radius 2 is 2.14 bits per heavy atom. The molecule has 1 aliphatic heterocycles. The Labute approximate surface area is 84.5 Å². The Bertz CT molecular complexity index is 222. The number of nitrogens with zero attached hydrogens (tertiary/aromatic N) is 2. The average molecular weight is 198 g/mol. The maximum absolute atomic E-state index is 11.6. The van der Waals surface area contributed by atoms with Crippen molar-refractivity contribution in [2.45, 2.75) is 18.9 Å². The fraction of sp³-hybridized carbons (Fsp3) is 0.900. The van der Waals surface area contributed by atoms with Gasteiger partial charge in [-0.2, -0.15) is 0 Å². The Kier molecular flexibility index (Phi) is 2.74. The van der Waals surface area contributed by atoms with Gasteiger partial charge >= 0.3 is 0 Å². The molecule has 0 atom stereocenters. The van der Waals surface area contributed by atoms with Crippen molar-refractivity contribution in [2.24, 2.45) is 5.92 Å². The van der Waals surface area contributed by atoms with E-state index < -0.39 is 0 Å². The molecule has 0 radical (unpaired) electrons. The molecule has 0 bridgehead atoms. The zero-order valence-electron chi connectivity index (χ0n) is 8.65. The van der Waals surface area contributed by atoms with Crippen molar-refractivity contribution in [1.29, 1.82) is 0 Å². The SMILES string of the molecule is CN(CCO)C1CN(C(=O)C2CC2)C1. The van der Waals surface area contributed by atoms with Crippen molar-refractivity contribution in [3.05, 3.63) is 0 Å². The van der Waals surface area contributed by atoms with Crippen LogP contribution in [0.25, 0.3) is 0 Å². The first kappa shape index (κ1) is 9.93. The van der Waals surface area contributed by atoms with Crippen LogP contribution in [0.15, 0.2) is 0 Å². The molecule has 1 saturated carbocycles. The summed E-state index contributed by atoms with van der Waals surface area (Å²) in [7, 11) is 2.00.